The van der Waals surface area contributed by atoms with Gasteiger partial charge < -0.3 is 4.74 Å². The van der Waals surface area contributed by atoms with E-state index in [1.165, 1.54) is 0 Å². The Bertz CT molecular complexity index is 756. The number of hydrogen-bond acceptors (Lipinski definition) is 4. The van der Waals surface area contributed by atoms with Crippen molar-refractivity contribution in [2.45, 2.75) is 13.3 Å². The maximum absolute atomic E-state index is 5.97. The number of fused-ring (bicyclic) bond motifs is 1. The minimum absolute atomic E-state index is 0.380. The number of rotatable bonds is 3. The van der Waals surface area contributed by atoms with E-state index in [0.29, 0.717) is 29.0 Å². The highest BCUT2D eigenvalue weighted by Gasteiger charge is 2.07. The van der Waals surface area contributed by atoms with Crippen molar-refractivity contribution >= 4 is 22.5 Å². The first-order valence-corrected chi connectivity index (χ1v) is 6.69. The average Bonchev–Trinajstić information content (AvgIpc) is 2.47. The largest absolute Gasteiger partial charge is 0.438 e. The molecule has 0 saturated carbocycles. The molecule has 1 aromatic carbocycles. The fraction of sp³-hybridized carbons (Fsp3) is 0.133. The molecular formula is C15H12ClN3O. The lowest BCUT2D eigenvalue weighted by Gasteiger charge is -2.08. The third-order valence-electron chi connectivity index (χ3n) is 2.85. The molecule has 3 aromatic rings. The van der Waals surface area contributed by atoms with Gasteiger partial charge in [0.05, 0.1) is 5.52 Å². The topological polar surface area (TPSA) is 47.9 Å². The zero-order chi connectivity index (χ0) is 13.9. The number of ether oxygens (including phenoxy) is 1. The standard InChI is InChI=1S/C15H12ClN3O/c1-2-14-18-13(16)9-15(19-14)20-12-7-3-6-11-10(12)5-4-8-17-11/h3-9H,2H2,1H3. The summed E-state index contributed by atoms with van der Waals surface area (Å²) in [6.45, 7) is 1.97. The van der Waals surface area contributed by atoms with Crippen LogP contribution < -0.4 is 4.74 Å². The van der Waals surface area contributed by atoms with E-state index in [-0.39, 0.29) is 0 Å². The molecule has 0 fully saturated rings. The molecule has 4 nitrogen and oxygen atoms in total. The van der Waals surface area contributed by atoms with Crippen LogP contribution in [0.2, 0.25) is 5.15 Å². The van der Waals surface area contributed by atoms with Gasteiger partial charge in [-0.15, -0.1) is 0 Å². The SMILES string of the molecule is CCc1nc(Cl)cc(Oc2cccc3ncccc23)n1. The number of hydrogen-bond donors (Lipinski definition) is 0. The van der Waals surface area contributed by atoms with E-state index in [1.54, 1.807) is 12.3 Å². The fourth-order valence-electron chi connectivity index (χ4n) is 1.93. The molecule has 0 aliphatic carbocycles. The van der Waals surface area contributed by atoms with Gasteiger partial charge in [-0.05, 0) is 24.3 Å². The van der Waals surface area contributed by atoms with Crippen molar-refractivity contribution in [3.63, 3.8) is 0 Å². The molecule has 0 spiro atoms. The van der Waals surface area contributed by atoms with Gasteiger partial charge in [0.25, 0.3) is 0 Å². The van der Waals surface area contributed by atoms with E-state index in [9.17, 15) is 0 Å². The molecule has 0 unspecified atom stereocenters. The molecule has 2 aromatic heterocycles. The Morgan fingerprint density at radius 3 is 2.90 bits per heavy atom. The summed E-state index contributed by atoms with van der Waals surface area (Å²) in [5, 5.41) is 1.31. The Balaban J connectivity index is 2.03. The van der Waals surface area contributed by atoms with Gasteiger partial charge in [-0.25, -0.2) is 4.98 Å². The lowest BCUT2D eigenvalue weighted by Crippen LogP contribution is -1.96. The van der Waals surface area contributed by atoms with Gasteiger partial charge in [-0.3, -0.25) is 4.98 Å². The Morgan fingerprint density at radius 1 is 1.15 bits per heavy atom. The van der Waals surface area contributed by atoms with Crippen LogP contribution in [0.1, 0.15) is 12.7 Å². The van der Waals surface area contributed by atoms with Crippen molar-refractivity contribution in [1.82, 2.24) is 15.0 Å². The summed E-state index contributed by atoms with van der Waals surface area (Å²) in [6.07, 6.45) is 2.46. The maximum Gasteiger partial charge on any atom is 0.224 e. The molecular weight excluding hydrogens is 274 g/mol. The van der Waals surface area contributed by atoms with Crippen LogP contribution in [-0.2, 0) is 6.42 Å². The molecule has 0 aliphatic heterocycles. The van der Waals surface area contributed by atoms with Crippen molar-refractivity contribution in [3.8, 4) is 11.6 Å². The van der Waals surface area contributed by atoms with Crippen molar-refractivity contribution < 1.29 is 4.74 Å². The average molecular weight is 286 g/mol. The molecule has 0 aliphatic rings. The van der Waals surface area contributed by atoms with Crippen molar-refractivity contribution in [2.75, 3.05) is 0 Å². The van der Waals surface area contributed by atoms with E-state index in [1.807, 2.05) is 37.3 Å². The van der Waals surface area contributed by atoms with Crippen LogP contribution in [-0.4, -0.2) is 15.0 Å². The van der Waals surface area contributed by atoms with Crippen LogP contribution in [0, 0.1) is 0 Å². The molecule has 0 N–H and O–H groups in total. The lowest BCUT2D eigenvalue weighted by molar-refractivity contribution is 0.464. The van der Waals surface area contributed by atoms with Gasteiger partial charge in [0, 0.05) is 24.1 Å². The molecule has 0 radical (unpaired) electrons. The summed E-state index contributed by atoms with van der Waals surface area (Å²) in [5.41, 5.74) is 0.876. The zero-order valence-electron chi connectivity index (χ0n) is 10.9. The minimum Gasteiger partial charge on any atom is -0.438 e. The predicted octanol–water partition coefficient (Wildman–Crippen LogP) is 4.03. The monoisotopic (exact) mass is 285 g/mol. The van der Waals surface area contributed by atoms with Crippen LogP contribution in [0.5, 0.6) is 11.6 Å². The minimum atomic E-state index is 0.380. The summed E-state index contributed by atoms with van der Waals surface area (Å²) < 4.78 is 5.84. The molecule has 3 rings (SSSR count). The normalized spacial score (nSPS) is 10.7. The van der Waals surface area contributed by atoms with E-state index in [4.69, 9.17) is 16.3 Å². The molecule has 0 saturated heterocycles. The molecule has 2 heterocycles. The first-order valence-electron chi connectivity index (χ1n) is 6.31. The predicted molar refractivity (Wildman–Crippen MR) is 78.2 cm³/mol. The smallest absolute Gasteiger partial charge is 0.224 e. The molecule has 100 valence electrons. The highest BCUT2D eigenvalue weighted by Crippen LogP contribution is 2.28. The van der Waals surface area contributed by atoms with Gasteiger partial charge in [0.2, 0.25) is 5.88 Å². The number of halogens is 1. The van der Waals surface area contributed by atoms with Crippen molar-refractivity contribution in [3.05, 3.63) is 53.6 Å². The van der Waals surface area contributed by atoms with E-state index >= 15 is 0 Å². The second kappa shape index (κ2) is 5.43. The molecule has 0 bridgehead atoms. The third kappa shape index (κ3) is 2.56. The summed E-state index contributed by atoms with van der Waals surface area (Å²) >= 11 is 5.97. The van der Waals surface area contributed by atoms with E-state index < -0.39 is 0 Å². The number of pyridine rings is 1. The number of aryl methyl sites for hydroxylation is 1. The van der Waals surface area contributed by atoms with Crippen LogP contribution >= 0.6 is 11.6 Å². The second-order valence-electron chi connectivity index (χ2n) is 4.23. The van der Waals surface area contributed by atoms with Crippen LogP contribution in [0.4, 0.5) is 0 Å². The van der Waals surface area contributed by atoms with Crippen molar-refractivity contribution in [1.29, 1.82) is 0 Å². The molecule has 20 heavy (non-hydrogen) atoms. The Kier molecular flexibility index (Phi) is 3.48. The van der Waals surface area contributed by atoms with Crippen LogP contribution in [0.15, 0.2) is 42.6 Å². The number of nitrogens with zero attached hydrogens (tertiary/aromatic N) is 3. The number of aromatic nitrogens is 3. The summed E-state index contributed by atoms with van der Waals surface area (Å²) in [5.74, 6) is 1.80. The van der Waals surface area contributed by atoms with E-state index in [2.05, 4.69) is 15.0 Å². The van der Waals surface area contributed by atoms with E-state index in [0.717, 1.165) is 10.9 Å². The van der Waals surface area contributed by atoms with Gasteiger partial charge in [0.15, 0.2) is 0 Å². The van der Waals surface area contributed by atoms with Gasteiger partial charge in [0.1, 0.15) is 16.7 Å². The van der Waals surface area contributed by atoms with Crippen LogP contribution in [0.3, 0.4) is 0 Å². The van der Waals surface area contributed by atoms with Gasteiger partial charge >= 0.3 is 0 Å². The highest BCUT2D eigenvalue weighted by atomic mass is 35.5. The Labute approximate surface area is 121 Å². The summed E-state index contributed by atoms with van der Waals surface area (Å²) in [6, 6.07) is 11.2. The zero-order valence-corrected chi connectivity index (χ0v) is 11.6. The van der Waals surface area contributed by atoms with Crippen molar-refractivity contribution in [2.24, 2.45) is 0 Å². The Hall–Kier alpha value is -2.20. The lowest BCUT2D eigenvalue weighted by atomic mass is 10.2. The first kappa shape index (κ1) is 12.8. The second-order valence-corrected chi connectivity index (χ2v) is 4.61. The van der Waals surface area contributed by atoms with Crippen LogP contribution in [0.25, 0.3) is 10.9 Å². The van der Waals surface area contributed by atoms with Gasteiger partial charge in [-0.1, -0.05) is 24.6 Å². The third-order valence-corrected chi connectivity index (χ3v) is 3.05. The molecule has 5 heteroatoms. The molecule has 0 atom stereocenters. The molecule has 0 amide bonds. The fourth-order valence-corrected chi connectivity index (χ4v) is 2.12. The Morgan fingerprint density at radius 2 is 2.05 bits per heavy atom. The first-order chi connectivity index (χ1) is 9.76. The highest BCUT2D eigenvalue weighted by molar-refractivity contribution is 6.29. The van der Waals surface area contributed by atoms with Gasteiger partial charge in [-0.2, -0.15) is 4.98 Å². The number of benzene rings is 1. The maximum atomic E-state index is 5.97. The summed E-state index contributed by atoms with van der Waals surface area (Å²) in [4.78, 5) is 12.7. The summed E-state index contributed by atoms with van der Waals surface area (Å²) in [7, 11) is 0. The quantitative estimate of drug-likeness (QED) is 0.682.